The highest BCUT2D eigenvalue weighted by Crippen LogP contribution is 2.34. The van der Waals surface area contributed by atoms with E-state index in [1.807, 2.05) is 19.1 Å². The van der Waals surface area contributed by atoms with Crippen molar-refractivity contribution >= 4 is 41.9 Å². The SMILES string of the molecule is CCOc1c(Br)cc(CNCCCS(N)(=O)=O)cc1Br. The molecule has 0 spiro atoms. The summed E-state index contributed by atoms with van der Waals surface area (Å²) in [5.74, 6) is 0.780. The number of halogens is 2. The third-order valence-electron chi connectivity index (χ3n) is 2.46. The molecule has 0 saturated heterocycles. The van der Waals surface area contributed by atoms with Crippen molar-refractivity contribution in [1.82, 2.24) is 5.32 Å². The summed E-state index contributed by atoms with van der Waals surface area (Å²) in [4.78, 5) is 0. The zero-order valence-corrected chi connectivity index (χ0v) is 15.1. The molecule has 0 aliphatic carbocycles. The lowest BCUT2D eigenvalue weighted by Crippen LogP contribution is -2.22. The van der Waals surface area contributed by atoms with Crippen molar-refractivity contribution in [3.05, 3.63) is 26.6 Å². The molecule has 1 aromatic rings. The number of nitrogens with one attached hydrogen (secondary N) is 1. The number of primary sulfonamides is 1. The van der Waals surface area contributed by atoms with Gasteiger partial charge in [-0.15, -0.1) is 0 Å². The van der Waals surface area contributed by atoms with Gasteiger partial charge in [-0.2, -0.15) is 0 Å². The van der Waals surface area contributed by atoms with Gasteiger partial charge in [0.1, 0.15) is 5.75 Å². The van der Waals surface area contributed by atoms with Crippen LogP contribution in [0.5, 0.6) is 5.75 Å². The van der Waals surface area contributed by atoms with Gasteiger partial charge in [0.15, 0.2) is 0 Å². The standard InChI is InChI=1S/C12H18Br2N2O3S/c1-2-19-12-10(13)6-9(7-11(12)14)8-16-4-3-5-20(15,17)18/h6-7,16H,2-5,8H2,1H3,(H2,15,17,18). The molecule has 1 aromatic carbocycles. The van der Waals surface area contributed by atoms with Crippen LogP contribution in [-0.4, -0.2) is 27.3 Å². The second-order valence-corrected chi connectivity index (χ2v) is 7.66. The largest absolute Gasteiger partial charge is 0.492 e. The number of hydrogen-bond acceptors (Lipinski definition) is 4. The predicted molar refractivity (Wildman–Crippen MR) is 87.3 cm³/mol. The number of sulfonamides is 1. The maximum absolute atomic E-state index is 10.8. The molecule has 3 N–H and O–H groups in total. The highest BCUT2D eigenvalue weighted by atomic mass is 79.9. The van der Waals surface area contributed by atoms with E-state index in [2.05, 4.69) is 37.2 Å². The summed E-state index contributed by atoms with van der Waals surface area (Å²) in [5, 5.41) is 8.11. The number of ether oxygens (including phenoxy) is 1. The minimum atomic E-state index is -3.37. The molecular formula is C12H18Br2N2O3S. The highest BCUT2D eigenvalue weighted by molar-refractivity contribution is 9.11. The van der Waals surface area contributed by atoms with Crippen LogP contribution >= 0.6 is 31.9 Å². The first-order chi connectivity index (χ1) is 9.33. The summed E-state index contributed by atoms with van der Waals surface area (Å²) in [5.41, 5.74) is 1.07. The van der Waals surface area contributed by atoms with Crippen molar-refractivity contribution in [2.75, 3.05) is 18.9 Å². The van der Waals surface area contributed by atoms with Gasteiger partial charge in [0, 0.05) is 6.54 Å². The van der Waals surface area contributed by atoms with E-state index in [-0.39, 0.29) is 5.75 Å². The van der Waals surface area contributed by atoms with Crippen LogP contribution < -0.4 is 15.2 Å². The van der Waals surface area contributed by atoms with Gasteiger partial charge < -0.3 is 10.1 Å². The molecule has 0 amide bonds. The van der Waals surface area contributed by atoms with Crippen molar-refractivity contribution in [3.8, 4) is 5.75 Å². The average molecular weight is 430 g/mol. The summed E-state index contributed by atoms with van der Waals surface area (Å²) < 4.78 is 28.8. The first-order valence-electron chi connectivity index (χ1n) is 6.15. The first-order valence-corrected chi connectivity index (χ1v) is 9.45. The summed E-state index contributed by atoms with van der Waals surface area (Å²) in [7, 11) is -3.37. The van der Waals surface area contributed by atoms with Gasteiger partial charge in [0.2, 0.25) is 10.0 Å². The van der Waals surface area contributed by atoms with Crippen molar-refractivity contribution in [3.63, 3.8) is 0 Å². The Labute approximate surface area is 136 Å². The quantitative estimate of drug-likeness (QED) is 0.621. The predicted octanol–water partition coefficient (Wildman–Crippen LogP) is 2.38. The third-order valence-corrected chi connectivity index (χ3v) is 4.49. The first kappa shape index (κ1) is 17.9. The Bertz CT molecular complexity index is 527. The number of hydrogen-bond donors (Lipinski definition) is 2. The zero-order valence-electron chi connectivity index (χ0n) is 11.2. The second kappa shape index (κ2) is 8.33. The Morgan fingerprint density at radius 1 is 1.30 bits per heavy atom. The molecule has 0 heterocycles. The van der Waals surface area contributed by atoms with E-state index in [0.717, 1.165) is 20.3 Å². The maximum atomic E-state index is 10.8. The summed E-state index contributed by atoms with van der Waals surface area (Å²) >= 11 is 6.94. The van der Waals surface area contributed by atoms with Crippen LogP contribution in [0.15, 0.2) is 21.1 Å². The minimum absolute atomic E-state index is 0.00331. The van der Waals surface area contributed by atoms with Crippen molar-refractivity contribution in [2.24, 2.45) is 5.14 Å². The molecule has 0 radical (unpaired) electrons. The van der Waals surface area contributed by atoms with E-state index in [9.17, 15) is 8.42 Å². The number of rotatable bonds is 8. The molecule has 0 fully saturated rings. The fourth-order valence-electron chi connectivity index (χ4n) is 1.63. The summed E-state index contributed by atoms with van der Waals surface area (Å²) in [6.07, 6.45) is 0.498. The van der Waals surface area contributed by atoms with Crippen molar-refractivity contribution in [1.29, 1.82) is 0 Å². The molecule has 0 aliphatic rings. The smallest absolute Gasteiger partial charge is 0.209 e. The van der Waals surface area contributed by atoms with Gasteiger partial charge in [-0.1, -0.05) is 0 Å². The topological polar surface area (TPSA) is 81.4 Å². The van der Waals surface area contributed by atoms with E-state index in [0.29, 0.717) is 26.1 Å². The molecule has 1 rings (SSSR count). The molecule has 0 aromatic heterocycles. The molecule has 20 heavy (non-hydrogen) atoms. The third kappa shape index (κ3) is 6.53. The van der Waals surface area contributed by atoms with E-state index in [1.165, 1.54) is 0 Å². The fraction of sp³-hybridized carbons (Fsp3) is 0.500. The summed E-state index contributed by atoms with van der Waals surface area (Å²) in [6.45, 7) is 3.77. The molecule has 114 valence electrons. The Morgan fingerprint density at radius 3 is 2.40 bits per heavy atom. The normalized spacial score (nSPS) is 11.6. The van der Waals surface area contributed by atoms with E-state index >= 15 is 0 Å². The van der Waals surface area contributed by atoms with Crippen molar-refractivity contribution in [2.45, 2.75) is 19.9 Å². The van der Waals surface area contributed by atoms with E-state index in [4.69, 9.17) is 9.88 Å². The van der Waals surface area contributed by atoms with Gasteiger partial charge in [0.05, 0.1) is 21.3 Å². The molecule has 0 atom stereocenters. The lowest BCUT2D eigenvalue weighted by atomic mass is 10.2. The van der Waals surface area contributed by atoms with Gasteiger partial charge in [0.25, 0.3) is 0 Å². The maximum Gasteiger partial charge on any atom is 0.209 e. The number of nitrogens with two attached hydrogens (primary N) is 1. The van der Waals surface area contributed by atoms with Gasteiger partial charge in [-0.25, -0.2) is 13.6 Å². The van der Waals surface area contributed by atoms with Crippen LogP contribution in [0.2, 0.25) is 0 Å². The van der Waals surface area contributed by atoms with E-state index in [1.54, 1.807) is 0 Å². The van der Waals surface area contributed by atoms with Gasteiger partial charge in [-0.05, 0) is 69.4 Å². The van der Waals surface area contributed by atoms with Crippen LogP contribution in [0.3, 0.4) is 0 Å². The Kier molecular flexibility index (Phi) is 7.46. The van der Waals surface area contributed by atoms with Gasteiger partial charge >= 0.3 is 0 Å². The molecule has 0 saturated carbocycles. The minimum Gasteiger partial charge on any atom is -0.492 e. The Balaban J connectivity index is 2.49. The number of benzene rings is 1. The fourth-order valence-corrected chi connectivity index (χ4v) is 3.68. The monoisotopic (exact) mass is 428 g/mol. The second-order valence-electron chi connectivity index (χ2n) is 4.22. The molecular weight excluding hydrogens is 412 g/mol. The lowest BCUT2D eigenvalue weighted by Gasteiger charge is -2.11. The summed E-state index contributed by atoms with van der Waals surface area (Å²) in [6, 6.07) is 3.95. The van der Waals surface area contributed by atoms with Crippen LogP contribution in [0.1, 0.15) is 18.9 Å². The molecule has 5 nitrogen and oxygen atoms in total. The average Bonchev–Trinajstić information content (AvgIpc) is 2.32. The van der Waals surface area contributed by atoms with Crippen LogP contribution in [-0.2, 0) is 16.6 Å². The highest BCUT2D eigenvalue weighted by Gasteiger charge is 2.08. The van der Waals surface area contributed by atoms with Crippen LogP contribution in [0.25, 0.3) is 0 Å². The van der Waals surface area contributed by atoms with Crippen LogP contribution in [0, 0.1) is 0 Å². The van der Waals surface area contributed by atoms with Crippen LogP contribution in [0.4, 0.5) is 0 Å². The zero-order chi connectivity index (χ0) is 15.2. The van der Waals surface area contributed by atoms with Crippen molar-refractivity contribution < 1.29 is 13.2 Å². The van der Waals surface area contributed by atoms with Gasteiger partial charge in [-0.3, -0.25) is 0 Å². The molecule has 0 bridgehead atoms. The lowest BCUT2D eigenvalue weighted by molar-refractivity contribution is 0.336. The van der Waals surface area contributed by atoms with E-state index < -0.39 is 10.0 Å². The molecule has 0 unspecified atom stereocenters. The Hall–Kier alpha value is -0.150. The Morgan fingerprint density at radius 2 is 1.90 bits per heavy atom. The molecule has 8 heteroatoms. The molecule has 0 aliphatic heterocycles.